The van der Waals surface area contributed by atoms with Crippen LogP contribution >= 0.6 is 23.5 Å². The van der Waals surface area contributed by atoms with Gasteiger partial charge in [0.25, 0.3) is 0 Å². The number of hydrogen-bond acceptors (Lipinski definition) is 7. The minimum Gasteiger partial charge on any atom is -0.480 e. The Morgan fingerprint density at radius 3 is 1.94 bits per heavy atom. The summed E-state index contributed by atoms with van der Waals surface area (Å²) < 4.78 is 0. The Kier molecular flexibility index (Phi) is 13.5. The topological polar surface area (TPSA) is 151 Å². The first-order valence-corrected chi connectivity index (χ1v) is 13.0. The zero-order chi connectivity index (χ0) is 23.9. The molecule has 0 aromatic heterocycles. The standard InChI is InChI=1S/C21H32N4O5S2/c1-31-10-8-15(19(27)25-16(21(29)30)9-11-32-2)24-20(28)17(23-18(26)13-22)12-14-6-4-3-5-7-14/h3-7,15-17H,8-13,22H2,1-2H3,(H,23,26)(H,24,28)(H,25,27)(H,29,30). The van der Waals surface area contributed by atoms with Gasteiger partial charge < -0.3 is 26.8 Å². The van der Waals surface area contributed by atoms with Crippen molar-refractivity contribution in [3.05, 3.63) is 35.9 Å². The number of hydrogen-bond donors (Lipinski definition) is 5. The van der Waals surface area contributed by atoms with Crippen molar-refractivity contribution in [2.75, 3.05) is 30.6 Å². The Balaban J connectivity index is 2.95. The van der Waals surface area contributed by atoms with E-state index in [0.29, 0.717) is 17.9 Å². The van der Waals surface area contributed by atoms with Crippen molar-refractivity contribution in [1.82, 2.24) is 16.0 Å². The normalized spacial score (nSPS) is 13.5. The monoisotopic (exact) mass is 484 g/mol. The summed E-state index contributed by atoms with van der Waals surface area (Å²) in [7, 11) is 0. The van der Waals surface area contributed by atoms with Gasteiger partial charge in [-0.2, -0.15) is 23.5 Å². The molecule has 3 unspecified atom stereocenters. The average Bonchev–Trinajstić information content (AvgIpc) is 2.78. The van der Waals surface area contributed by atoms with Gasteiger partial charge >= 0.3 is 5.97 Å². The van der Waals surface area contributed by atoms with Crippen molar-refractivity contribution < 1.29 is 24.3 Å². The van der Waals surface area contributed by atoms with Gasteiger partial charge in [0.1, 0.15) is 18.1 Å². The van der Waals surface area contributed by atoms with Crippen LogP contribution in [0.3, 0.4) is 0 Å². The van der Waals surface area contributed by atoms with Crippen molar-refractivity contribution in [3.8, 4) is 0 Å². The highest BCUT2D eigenvalue weighted by Gasteiger charge is 2.29. The second-order valence-electron chi connectivity index (χ2n) is 7.04. The largest absolute Gasteiger partial charge is 0.480 e. The molecule has 11 heteroatoms. The van der Waals surface area contributed by atoms with Gasteiger partial charge in [-0.05, 0) is 42.4 Å². The summed E-state index contributed by atoms with van der Waals surface area (Å²) in [5, 5.41) is 17.2. The summed E-state index contributed by atoms with van der Waals surface area (Å²) in [4.78, 5) is 49.2. The molecule has 0 spiro atoms. The summed E-state index contributed by atoms with van der Waals surface area (Å²) in [6, 6.07) is 6.25. The number of nitrogens with one attached hydrogen (secondary N) is 3. The fourth-order valence-electron chi connectivity index (χ4n) is 2.85. The molecule has 0 aliphatic rings. The second-order valence-corrected chi connectivity index (χ2v) is 9.01. The third kappa shape index (κ3) is 10.4. The molecular formula is C21H32N4O5S2. The number of amides is 3. The lowest BCUT2D eigenvalue weighted by molar-refractivity contribution is -0.142. The van der Waals surface area contributed by atoms with Crippen LogP contribution in [-0.4, -0.2) is 77.5 Å². The van der Waals surface area contributed by atoms with E-state index in [2.05, 4.69) is 16.0 Å². The van der Waals surface area contributed by atoms with E-state index in [1.54, 1.807) is 0 Å². The Morgan fingerprint density at radius 1 is 0.875 bits per heavy atom. The molecule has 32 heavy (non-hydrogen) atoms. The molecule has 0 aliphatic heterocycles. The zero-order valence-electron chi connectivity index (χ0n) is 18.3. The van der Waals surface area contributed by atoms with Crippen LogP contribution in [0.15, 0.2) is 30.3 Å². The maximum atomic E-state index is 13.0. The lowest BCUT2D eigenvalue weighted by Crippen LogP contribution is -2.56. The molecule has 1 aromatic carbocycles. The van der Waals surface area contributed by atoms with Crippen LogP contribution in [0.1, 0.15) is 18.4 Å². The van der Waals surface area contributed by atoms with Crippen molar-refractivity contribution in [3.63, 3.8) is 0 Å². The van der Waals surface area contributed by atoms with E-state index >= 15 is 0 Å². The van der Waals surface area contributed by atoms with Crippen LogP contribution in [0, 0.1) is 0 Å². The van der Waals surface area contributed by atoms with Gasteiger partial charge in [0, 0.05) is 6.42 Å². The summed E-state index contributed by atoms with van der Waals surface area (Å²) in [5.41, 5.74) is 6.22. The zero-order valence-corrected chi connectivity index (χ0v) is 20.0. The van der Waals surface area contributed by atoms with Gasteiger partial charge in [0.15, 0.2) is 0 Å². The van der Waals surface area contributed by atoms with Crippen molar-refractivity contribution >= 4 is 47.2 Å². The highest BCUT2D eigenvalue weighted by atomic mass is 32.2. The average molecular weight is 485 g/mol. The van der Waals surface area contributed by atoms with E-state index in [-0.39, 0.29) is 19.4 Å². The molecule has 3 atom stereocenters. The van der Waals surface area contributed by atoms with Crippen LogP contribution < -0.4 is 21.7 Å². The number of carboxylic acids is 1. The van der Waals surface area contributed by atoms with Gasteiger partial charge in [0.2, 0.25) is 17.7 Å². The predicted molar refractivity (Wildman–Crippen MR) is 129 cm³/mol. The molecular weight excluding hydrogens is 452 g/mol. The Hall–Kier alpha value is -2.24. The van der Waals surface area contributed by atoms with Crippen LogP contribution in [0.2, 0.25) is 0 Å². The van der Waals surface area contributed by atoms with E-state index < -0.39 is 41.8 Å². The highest BCUT2D eigenvalue weighted by Crippen LogP contribution is 2.07. The van der Waals surface area contributed by atoms with Crippen molar-refractivity contribution in [2.45, 2.75) is 37.4 Å². The van der Waals surface area contributed by atoms with Gasteiger partial charge in [0.05, 0.1) is 6.54 Å². The number of carboxylic acid groups (broad SMARTS) is 1. The van der Waals surface area contributed by atoms with E-state index in [0.717, 1.165) is 5.56 Å². The lowest BCUT2D eigenvalue weighted by atomic mass is 10.0. The van der Waals surface area contributed by atoms with Crippen LogP contribution in [-0.2, 0) is 25.6 Å². The second kappa shape index (κ2) is 15.5. The van der Waals surface area contributed by atoms with E-state index in [1.807, 2.05) is 42.8 Å². The Morgan fingerprint density at radius 2 is 1.41 bits per heavy atom. The highest BCUT2D eigenvalue weighted by molar-refractivity contribution is 7.98. The quantitative estimate of drug-likeness (QED) is 0.237. The summed E-state index contributed by atoms with van der Waals surface area (Å²) >= 11 is 2.98. The van der Waals surface area contributed by atoms with Crippen LogP contribution in [0.25, 0.3) is 0 Å². The fourth-order valence-corrected chi connectivity index (χ4v) is 3.80. The van der Waals surface area contributed by atoms with E-state index in [1.165, 1.54) is 23.5 Å². The van der Waals surface area contributed by atoms with Crippen LogP contribution in [0.4, 0.5) is 0 Å². The first-order chi connectivity index (χ1) is 15.3. The fraction of sp³-hybridized carbons (Fsp3) is 0.524. The SMILES string of the molecule is CSCCC(NC(=O)C(CCSC)NC(=O)C(Cc1ccccc1)NC(=O)CN)C(=O)O. The van der Waals surface area contributed by atoms with E-state index in [9.17, 15) is 24.3 Å². The Bertz CT molecular complexity index is 751. The summed E-state index contributed by atoms with van der Waals surface area (Å²) in [5.74, 6) is -1.56. The molecule has 0 heterocycles. The van der Waals surface area contributed by atoms with Crippen molar-refractivity contribution in [1.29, 1.82) is 0 Å². The van der Waals surface area contributed by atoms with Crippen LogP contribution in [0.5, 0.6) is 0 Å². The molecule has 0 saturated carbocycles. The summed E-state index contributed by atoms with van der Waals surface area (Å²) in [6.45, 7) is -0.273. The Labute approximate surface area is 197 Å². The molecule has 1 aromatic rings. The predicted octanol–water partition coefficient (Wildman–Crippen LogP) is 0.233. The van der Waals surface area contributed by atoms with Gasteiger partial charge in [-0.25, -0.2) is 4.79 Å². The number of rotatable bonds is 15. The molecule has 6 N–H and O–H groups in total. The first kappa shape index (κ1) is 27.8. The van der Waals surface area contributed by atoms with Gasteiger partial charge in [-0.15, -0.1) is 0 Å². The molecule has 0 aliphatic carbocycles. The molecule has 3 amide bonds. The molecule has 0 bridgehead atoms. The van der Waals surface area contributed by atoms with Gasteiger partial charge in [-0.3, -0.25) is 14.4 Å². The third-order valence-corrected chi connectivity index (χ3v) is 5.88. The maximum absolute atomic E-state index is 13.0. The molecule has 9 nitrogen and oxygen atoms in total. The number of carbonyl (C=O) groups excluding carboxylic acids is 3. The molecule has 0 radical (unpaired) electrons. The van der Waals surface area contributed by atoms with E-state index in [4.69, 9.17) is 5.73 Å². The minimum atomic E-state index is -1.13. The molecule has 1 rings (SSSR count). The summed E-state index contributed by atoms with van der Waals surface area (Å²) in [6.07, 6.45) is 4.53. The number of carbonyl (C=O) groups is 4. The molecule has 0 saturated heterocycles. The molecule has 178 valence electrons. The number of aliphatic carboxylic acids is 1. The smallest absolute Gasteiger partial charge is 0.326 e. The molecule has 0 fully saturated rings. The lowest BCUT2D eigenvalue weighted by Gasteiger charge is -2.24. The number of benzene rings is 1. The third-order valence-electron chi connectivity index (χ3n) is 4.59. The van der Waals surface area contributed by atoms with Gasteiger partial charge in [-0.1, -0.05) is 30.3 Å². The number of thioether (sulfide) groups is 2. The maximum Gasteiger partial charge on any atom is 0.326 e. The minimum absolute atomic E-state index is 0.223. The van der Waals surface area contributed by atoms with Crippen molar-refractivity contribution in [2.24, 2.45) is 5.73 Å². The first-order valence-electron chi connectivity index (χ1n) is 10.2. The number of nitrogens with two attached hydrogens (primary N) is 1.